The van der Waals surface area contributed by atoms with Crippen molar-refractivity contribution < 1.29 is 13.2 Å². The Morgan fingerprint density at radius 1 is 1.17 bits per heavy atom. The highest BCUT2D eigenvalue weighted by Crippen LogP contribution is 2.30. The van der Waals surface area contributed by atoms with Crippen molar-refractivity contribution in [3.05, 3.63) is 23.8 Å². The van der Waals surface area contributed by atoms with Crippen LogP contribution in [0.2, 0.25) is 0 Å². The van der Waals surface area contributed by atoms with E-state index in [1.165, 1.54) is 0 Å². The zero-order valence-corrected chi connectivity index (χ0v) is 15.7. The molecule has 0 amide bonds. The quantitative estimate of drug-likeness (QED) is 0.884. The van der Waals surface area contributed by atoms with Gasteiger partial charge in [0, 0.05) is 17.1 Å². The fourth-order valence-electron chi connectivity index (χ4n) is 3.71. The number of hydrogen-bond donors (Lipinski definition) is 2. The van der Waals surface area contributed by atoms with Crippen LogP contribution in [0.3, 0.4) is 0 Å². The number of nitrogens with one attached hydrogen (secondary N) is 2. The maximum atomic E-state index is 12.7. The van der Waals surface area contributed by atoms with E-state index in [9.17, 15) is 8.42 Å². The molecule has 2 rings (SSSR count). The van der Waals surface area contributed by atoms with Gasteiger partial charge in [0.2, 0.25) is 10.0 Å². The van der Waals surface area contributed by atoms with Crippen molar-refractivity contribution in [1.82, 2.24) is 10.0 Å². The number of aryl methyl sites for hydroxylation is 1. The summed E-state index contributed by atoms with van der Waals surface area (Å²) in [4.78, 5) is 0.282. The zero-order chi connectivity index (χ0) is 17.5. The normalized spacial score (nSPS) is 21.1. The van der Waals surface area contributed by atoms with Gasteiger partial charge >= 0.3 is 0 Å². The molecule has 1 aliphatic rings. The van der Waals surface area contributed by atoms with E-state index in [-0.39, 0.29) is 22.0 Å². The maximum Gasteiger partial charge on any atom is 0.240 e. The minimum Gasteiger partial charge on any atom is -0.496 e. The van der Waals surface area contributed by atoms with Crippen molar-refractivity contribution in [2.24, 2.45) is 0 Å². The van der Waals surface area contributed by atoms with Crippen molar-refractivity contribution in [1.29, 1.82) is 0 Å². The Bertz CT molecular complexity index is 665. The van der Waals surface area contributed by atoms with Gasteiger partial charge in [0.25, 0.3) is 0 Å². The average Bonchev–Trinajstić information content (AvgIpc) is 2.33. The van der Waals surface area contributed by atoms with Crippen molar-refractivity contribution in [3.63, 3.8) is 0 Å². The lowest BCUT2D eigenvalue weighted by atomic mass is 9.80. The van der Waals surface area contributed by atoms with Crippen molar-refractivity contribution in [2.75, 3.05) is 7.11 Å². The summed E-state index contributed by atoms with van der Waals surface area (Å²) in [5.41, 5.74) is 0.594. The summed E-state index contributed by atoms with van der Waals surface area (Å²) in [5, 5.41) is 3.56. The van der Waals surface area contributed by atoms with Crippen LogP contribution in [0.25, 0.3) is 0 Å². The number of rotatable bonds is 4. The zero-order valence-electron chi connectivity index (χ0n) is 14.9. The van der Waals surface area contributed by atoms with E-state index in [4.69, 9.17) is 4.74 Å². The Morgan fingerprint density at radius 3 is 2.22 bits per heavy atom. The molecule has 1 aromatic carbocycles. The van der Waals surface area contributed by atoms with Gasteiger partial charge in [-0.2, -0.15) is 0 Å². The number of methoxy groups -OCH3 is 1. The van der Waals surface area contributed by atoms with Crippen LogP contribution in [-0.2, 0) is 10.0 Å². The molecule has 5 nitrogen and oxygen atoms in total. The number of benzene rings is 1. The second-order valence-corrected chi connectivity index (χ2v) is 9.46. The molecule has 2 N–H and O–H groups in total. The molecule has 0 atom stereocenters. The van der Waals surface area contributed by atoms with E-state index < -0.39 is 10.0 Å². The lowest BCUT2D eigenvalue weighted by Gasteiger charge is -2.46. The summed E-state index contributed by atoms with van der Waals surface area (Å²) in [6.45, 7) is 10.3. The topological polar surface area (TPSA) is 67.4 Å². The van der Waals surface area contributed by atoms with Gasteiger partial charge < -0.3 is 10.1 Å². The third-order valence-corrected chi connectivity index (χ3v) is 5.71. The molecule has 0 radical (unpaired) electrons. The van der Waals surface area contributed by atoms with E-state index in [0.717, 1.165) is 18.4 Å². The highest BCUT2D eigenvalue weighted by atomic mass is 32.2. The Morgan fingerprint density at radius 2 is 1.74 bits per heavy atom. The predicted molar refractivity (Wildman–Crippen MR) is 92.4 cm³/mol. The van der Waals surface area contributed by atoms with E-state index >= 15 is 0 Å². The molecule has 0 bridgehead atoms. The SMILES string of the molecule is COc1ccc(S(=O)(=O)NC2CC(C)(C)NC(C)(C)C2)cc1C. The molecule has 1 fully saturated rings. The van der Waals surface area contributed by atoms with Gasteiger partial charge in [-0.1, -0.05) is 0 Å². The summed E-state index contributed by atoms with van der Waals surface area (Å²) >= 11 is 0. The third-order valence-electron chi connectivity index (χ3n) is 4.19. The monoisotopic (exact) mass is 340 g/mol. The molecule has 0 saturated carbocycles. The van der Waals surface area contributed by atoms with Gasteiger partial charge in [-0.3, -0.25) is 0 Å². The van der Waals surface area contributed by atoms with Crippen molar-refractivity contribution in [3.8, 4) is 5.75 Å². The summed E-state index contributed by atoms with van der Waals surface area (Å²) in [6, 6.07) is 4.85. The Labute approximate surface area is 139 Å². The fourth-order valence-corrected chi connectivity index (χ4v) is 5.03. The highest BCUT2D eigenvalue weighted by molar-refractivity contribution is 7.89. The number of ether oxygens (including phenoxy) is 1. The second kappa shape index (κ2) is 6.07. The summed E-state index contributed by atoms with van der Waals surface area (Å²) in [6.07, 6.45) is 1.51. The van der Waals surface area contributed by atoms with E-state index in [2.05, 4.69) is 37.7 Å². The number of hydrogen-bond acceptors (Lipinski definition) is 4. The standard InChI is InChI=1S/C17H28N2O3S/c1-12-9-14(7-8-15(12)22-6)23(20,21)18-13-10-16(2,3)19-17(4,5)11-13/h7-9,13,18-19H,10-11H2,1-6H3. The minimum atomic E-state index is -3.54. The molecular weight excluding hydrogens is 312 g/mol. The van der Waals surface area contributed by atoms with E-state index in [0.29, 0.717) is 5.75 Å². The first-order valence-corrected chi connectivity index (χ1v) is 9.39. The first-order valence-electron chi connectivity index (χ1n) is 7.90. The fraction of sp³-hybridized carbons (Fsp3) is 0.647. The van der Waals surface area contributed by atoms with Gasteiger partial charge in [-0.15, -0.1) is 0 Å². The lowest BCUT2D eigenvalue weighted by Crippen LogP contribution is -2.62. The van der Waals surface area contributed by atoms with Gasteiger partial charge in [0.05, 0.1) is 12.0 Å². The van der Waals surface area contributed by atoms with Crippen LogP contribution in [0.15, 0.2) is 23.1 Å². The number of sulfonamides is 1. The maximum absolute atomic E-state index is 12.7. The molecule has 1 heterocycles. The Balaban J connectivity index is 2.22. The van der Waals surface area contributed by atoms with Crippen LogP contribution >= 0.6 is 0 Å². The molecule has 0 aliphatic carbocycles. The average molecular weight is 340 g/mol. The Hall–Kier alpha value is -1.11. The first kappa shape index (κ1) is 18.2. The molecule has 0 aromatic heterocycles. The third kappa shape index (κ3) is 4.46. The van der Waals surface area contributed by atoms with E-state index in [1.807, 2.05) is 6.92 Å². The highest BCUT2D eigenvalue weighted by Gasteiger charge is 2.39. The molecule has 23 heavy (non-hydrogen) atoms. The Kier molecular flexibility index (Phi) is 4.81. The first-order chi connectivity index (χ1) is 10.4. The van der Waals surface area contributed by atoms with Crippen LogP contribution in [0, 0.1) is 6.92 Å². The summed E-state index contributed by atoms with van der Waals surface area (Å²) < 4.78 is 33.5. The minimum absolute atomic E-state index is 0.0892. The molecule has 1 aliphatic heterocycles. The molecular formula is C17H28N2O3S. The molecule has 1 aromatic rings. The second-order valence-electron chi connectivity index (χ2n) is 7.75. The van der Waals surface area contributed by atoms with Gasteiger partial charge in [0.1, 0.15) is 5.75 Å². The van der Waals surface area contributed by atoms with Crippen LogP contribution < -0.4 is 14.8 Å². The van der Waals surface area contributed by atoms with Gasteiger partial charge in [-0.05, 0) is 71.2 Å². The van der Waals surface area contributed by atoms with Crippen LogP contribution in [0.5, 0.6) is 5.75 Å². The lowest BCUT2D eigenvalue weighted by molar-refractivity contribution is 0.157. The van der Waals surface area contributed by atoms with Crippen LogP contribution in [-0.4, -0.2) is 32.6 Å². The molecule has 0 unspecified atom stereocenters. The summed E-state index contributed by atoms with van der Waals surface area (Å²) in [5.74, 6) is 0.688. The largest absolute Gasteiger partial charge is 0.496 e. The van der Waals surface area contributed by atoms with Crippen molar-refractivity contribution in [2.45, 2.75) is 69.5 Å². The van der Waals surface area contributed by atoms with Gasteiger partial charge in [-0.25, -0.2) is 13.1 Å². The molecule has 130 valence electrons. The smallest absolute Gasteiger partial charge is 0.240 e. The van der Waals surface area contributed by atoms with Gasteiger partial charge in [0.15, 0.2) is 0 Å². The molecule has 0 spiro atoms. The van der Waals surface area contributed by atoms with Crippen LogP contribution in [0.1, 0.15) is 46.1 Å². The van der Waals surface area contributed by atoms with E-state index in [1.54, 1.807) is 25.3 Å². The summed E-state index contributed by atoms with van der Waals surface area (Å²) in [7, 11) is -1.96. The predicted octanol–water partition coefficient (Wildman–Crippen LogP) is 2.59. The molecule has 1 saturated heterocycles. The van der Waals surface area contributed by atoms with Crippen LogP contribution in [0.4, 0.5) is 0 Å². The molecule has 6 heteroatoms. The van der Waals surface area contributed by atoms with Crippen molar-refractivity contribution >= 4 is 10.0 Å². The number of piperidine rings is 1.